The SMILES string of the molecule is COc1ccc2c3c(n(Cc4ccc(N(C)C)cc4)c(=O)c2c1OC)-c1ccccc1C3=O. The minimum absolute atomic E-state index is 0.0884. The molecular weight excluding hydrogens is 416 g/mol. The van der Waals surface area contributed by atoms with Crippen LogP contribution in [0.25, 0.3) is 22.0 Å². The third-order valence-corrected chi connectivity index (χ3v) is 6.23. The Kier molecular flexibility index (Phi) is 4.93. The van der Waals surface area contributed by atoms with Gasteiger partial charge in [0.1, 0.15) is 0 Å². The number of carbonyl (C=O) groups excluding carboxylic acids is 1. The highest BCUT2D eigenvalue weighted by Gasteiger charge is 2.33. The lowest BCUT2D eigenvalue weighted by atomic mass is 10.0. The number of methoxy groups -OCH3 is 2. The minimum atomic E-state index is -0.222. The summed E-state index contributed by atoms with van der Waals surface area (Å²) < 4.78 is 12.7. The molecule has 0 amide bonds. The zero-order valence-corrected chi connectivity index (χ0v) is 19.0. The number of ether oxygens (including phenoxy) is 2. The van der Waals surface area contributed by atoms with E-state index in [-0.39, 0.29) is 11.3 Å². The lowest BCUT2D eigenvalue weighted by Crippen LogP contribution is -2.24. The van der Waals surface area contributed by atoms with Gasteiger partial charge in [-0.15, -0.1) is 0 Å². The largest absolute Gasteiger partial charge is 0.493 e. The van der Waals surface area contributed by atoms with Crippen LogP contribution in [0.15, 0.2) is 65.5 Å². The highest BCUT2D eigenvalue weighted by atomic mass is 16.5. The molecule has 0 saturated heterocycles. The predicted octanol–water partition coefficient (Wildman–Crippen LogP) is 4.34. The van der Waals surface area contributed by atoms with Crippen LogP contribution in [0.3, 0.4) is 0 Å². The zero-order chi connectivity index (χ0) is 23.3. The molecule has 6 heteroatoms. The summed E-state index contributed by atoms with van der Waals surface area (Å²) in [6, 6.07) is 19.0. The van der Waals surface area contributed by atoms with Crippen LogP contribution in [0.2, 0.25) is 0 Å². The second-order valence-corrected chi connectivity index (χ2v) is 8.27. The van der Waals surface area contributed by atoms with Crippen LogP contribution in [0.5, 0.6) is 11.5 Å². The Balaban J connectivity index is 1.84. The van der Waals surface area contributed by atoms with Crippen LogP contribution in [0.1, 0.15) is 21.5 Å². The van der Waals surface area contributed by atoms with Crippen molar-refractivity contribution < 1.29 is 14.3 Å². The molecule has 4 aromatic rings. The topological polar surface area (TPSA) is 60.8 Å². The van der Waals surface area contributed by atoms with Gasteiger partial charge >= 0.3 is 0 Å². The van der Waals surface area contributed by atoms with Crippen molar-refractivity contribution in [1.82, 2.24) is 4.57 Å². The van der Waals surface area contributed by atoms with Crippen LogP contribution in [-0.2, 0) is 6.54 Å². The van der Waals surface area contributed by atoms with E-state index in [1.165, 1.54) is 14.2 Å². The van der Waals surface area contributed by atoms with E-state index >= 15 is 0 Å². The number of fused-ring (bicyclic) bond motifs is 5. The Morgan fingerprint density at radius 3 is 2.18 bits per heavy atom. The normalized spacial score (nSPS) is 11.9. The van der Waals surface area contributed by atoms with E-state index in [0.717, 1.165) is 16.8 Å². The van der Waals surface area contributed by atoms with Crippen LogP contribution < -0.4 is 19.9 Å². The molecule has 1 aliphatic rings. The van der Waals surface area contributed by atoms with E-state index in [0.29, 0.717) is 45.6 Å². The smallest absolute Gasteiger partial charge is 0.263 e. The number of anilines is 1. The molecule has 0 saturated carbocycles. The van der Waals surface area contributed by atoms with Gasteiger partial charge in [0.15, 0.2) is 17.3 Å². The molecule has 33 heavy (non-hydrogen) atoms. The quantitative estimate of drug-likeness (QED) is 0.407. The Bertz CT molecular complexity index is 1470. The first-order valence-electron chi connectivity index (χ1n) is 10.7. The molecule has 3 aromatic carbocycles. The van der Waals surface area contributed by atoms with E-state index in [1.807, 2.05) is 67.5 Å². The number of hydrogen-bond donors (Lipinski definition) is 0. The maximum Gasteiger partial charge on any atom is 0.263 e. The second kappa shape index (κ2) is 7.81. The van der Waals surface area contributed by atoms with Crippen molar-refractivity contribution in [3.63, 3.8) is 0 Å². The molecule has 1 aromatic heterocycles. The van der Waals surface area contributed by atoms with Gasteiger partial charge in [0, 0.05) is 36.3 Å². The number of nitrogens with zero attached hydrogens (tertiary/aromatic N) is 2. The van der Waals surface area contributed by atoms with Crippen molar-refractivity contribution in [1.29, 1.82) is 0 Å². The number of ketones is 1. The van der Waals surface area contributed by atoms with Crippen molar-refractivity contribution >= 4 is 22.2 Å². The van der Waals surface area contributed by atoms with Crippen LogP contribution in [0, 0.1) is 0 Å². The first-order chi connectivity index (χ1) is 16.0. The van der Waals surface area contributed by atoms with Gasteiger partial charge in [-0.3, -0.25) is 9.59 Å². The van der Waals surface area contributed by atoms with Gasteiger partial charge in [0.2, 0.25) is 0 Å². The highest BCUT2D eigenvalue weighted by Crippen LogP contribution is 2.43. The van der Waals surface area contributed by atoms with Crippen molar-refractivity contribution in [2.24, 2.45) is 0 Å². The van der Waals surface area contributed by atoms with E-state index in [4.69, 9.17) is 9.47 Å². The Morgan fingerprint density at radius 2 is 1.55 bits per heavy atom. The molecule has 0 spiro atoms. The third kappa shape index (κ3) is 3.09. The number of carbonyl (C=O) groups is 1. The molecule has 5 rings (SSSR count). The summed E-state index contributed by atoms with van der Waals surface area (Å²) >= 11 is 0. The fourth-order valence-electron chi connectivity index (χ4n) is 4.61. The number of rotatable bonds is 5. The fraction of sp³-hybridized carbons (Fsp3) is 0.185. The van der Waals surface area contributed by atoms with Gasteiger partial charge in [0.05, 0.1) is 37.4 Å². The molecule has 0 bridgehead atoms. The second-order valence-electron chi connectivity index (χ2n) is 8.27. The van der Waals surface area contributed by atoms with Gasteiger partial charge in [0.25, 0.3) is 5.56 Å². The molecule has 166 valence electrons. The van der Waals surface area contributed by atoms with Crippen LogP contribution >= 0.6 is 0 Å². The molecule has 1 aliphatic carbocycles. The van der Waals surface area contributed by atoms with Crippen molar-refractivity contribution in [3.05, 3.63) is 87.7 Å². The highest BCUT2D eigenvalue weighted by molar-refractivity contribution is 6.27. The minimum Gasteiger partial charge on any atom is -0.493 e. The number of aromatic nitrogens is 1. The summed E-state index contributed by atoms with van der Waals surface area (Å²) in [5, 5.41) is 0.926. The first kappa shape index (κ1) is 20.8. The summed E-state index contributed by atoms with van der Waals surface area (Å²) in [5.41, 5.74) is 4.36. The third-order valence-electron chi connectivity index (χ3n) is 6.23. The molecule has 0 N–H and O–H groups in total. The Hall–Kier alpha value is -4.06. The number of pyridine rings is 1. The van der Waals surface area contributed by atoms with E-state index < -0.39 is 0 Å². The Labute approximate surface area is 191 Å². The maximum absolute atomic E-state index is 13.9. The maximum atomic E-state index is 13.9. The summed E-state index contributed by atoms with van der Waals surface area (Å²) in [6.45, 7) is 0.326. The number of benzene rings is 3. The van der Waals surface area contributed by atoms with Crippen LogP contribution in [-0.4, -0.2) is 38.7 Å². The summed E-state index contributed by atoms with van der Waals surface area (Å²) in [7, 11) is 7.00. The van der Waals surface area contributed by atoms with Gasteiger partial charge in [-0.25, -0.2) is 0 Å². The molecule has 1 heterocycles. The van der Waals surface area contributed by atoms with Crippen molar-refractivity contribution in [2.45, 2.75) is 6.54 Å². The van der Waals surface area contributed by atoms with E-state index in [2.05, 4.69) is 0 Å². The molecule has 0 unspecified atom stereocenters. The predicted molar refractivity (Wildman–Crippen MR) is 130 cm³/mol. The van der Waals surface area contributed by atoms with Gasteiger partial charge in [-0.2, -0.15) is 0 Å². The molecule has 0 fully saturated rings. The van der Waals surface area contributed by atoms with Gasteiger partial charge in [-0.1, -0.05) is 36.4 Å². The summed E-state index contributed by atoms with van der Waals surface area (Å²) in [5.74, 6) is 0.699. The average Bonchev–Trinajstić information content (AvgIpc) is 3.13. The summed E-state index contributed by atoms with van der Waals surface area (Å²) in [6.07, 6.45) is 0. The lowest BCUT2D eigenvalue weighted by Gasteiger charge is -2.18. The van der Waals surface area contributed by atoms with Crippen molar-refractivity contribution in [3.8, 4) is 22.8 Å². The standard InChI is InChI=1S/C27H24N2O4/c1-28(2)17-11-9-16(10-12-17)15-29-24-18-7-5-6-8-19(18)25(30)22(24)20-13-14-21(32-3)26(33-4)23(20)27(29)31/h5-14H,15H2,1-4H3. The molecular formula is C27H24N2O4. The van der Waals surface area contributed by atoms with Crippen molar-refractivity contribution in [2.75, 3.05) is 33.2 Å². The Morgan fingerprint density at radius 1 is 0.848 bits per heavy atom. The molecule has 6 nitrogen and oxygen atoms in total. The van der Waals surface area contributed by atoms with Crippen LogP contribution in [0.4, 0.5) is 5.69 Å². The molecule has 0 atom stereocenters. The van der Waals surface area contributed by atoms with Gasteiger partial charge in [-0.05, 0) is 29.8 Å². The summed E-state index contributed by atoms with van der Waals surface area (Å²) in [4.78, 5) is 29.5. The van der Waals surface area contributed by atoms with Gasteiger partial charge < -0.3 is 18.9 Å². The fourth-order valence-corrected chi connectivity index (χ4v) is 4.61. The average molecular weight is 440 g/mol. The number of hydrogen-bond acceptors (Lipinski definition) is 5. The zero-order valence-electron chi connectivity index (χ0n) is 19.0. The monoisotopic (exact) mass is 440 g/mol. The molecule has 0 aliphatic heterocycles. The van der Waals surface area contributed by atoms with E-state index in [1.54, 1.807) is 16.7 Å². The van der Waals surface area contributed by atoms with E-state index in [9.17, 15) is 9.59 Å². The molecule has 0 radical (unpaired) electrons. The lowest BCUT2D eigenvalue weighted by molar-refractivity contribution is 0.104. The first-order valence-corrected chi connectivity index (χ1v) is 10.7.